The van der Waals surface area contributed by atoms with Gasteiger partial charge >= 0.3 is 11.9 Å². The van der Waals surface area contributed by atoms with E-state index in [0.717, 1.165) is 38.0 Å². The number of esters is 2. The first-order chi connectivity index (χ1) is 9.03. The summed E-state index contributed by atoms with van der Waals surface area (Å²) in [5.74, 6) is -0.811. The molecule has 0 rings (SSSR count). The molecule has 0 aromatic carbocycles. The summed E-state index contributed by atoms with van der Waals surface area (Å²) >= 11 is 0. The van der Waals surface area contributed by atoms with Crippen LogP contribution in [-0.2, 0) is 19.1 Å². The Hall–Kier alpha value is -1.58. The van der Waals surface area contributed by atoms with Crippen molar-refractivity contribution in [2.75, 3.05) is 6.61 Å². The highest BCUT2D eigenvalue weighted by Crippen LogP contribution is 2.34. The van der Waals surface area contributed by atoms with Crippen LogP contribution in [0.25, 0.3) is 0 Å². The lowest BCUT2D eigenvalue weighted by atomic mass is 9.78. The molecule has 0 aliphatic heterocycles. The summed E-state index contributed by atoms with van der Waals surface area (Å²) in [6.07, 6.45) is 6.02. The lowest BCUT2D eigenvalue weighted by Gasteiger charge is -2.31. The molecule has 0 fully saturated rings. The Morgan fingerprint density at radius 2 is 1.95 bits per heavy atom. The van der Waals surface area contributed by atoms with E-state index in [1.165, 1.54) is 0 Å². The molecule has 0 bridgehead atoms. The van der Waals surface area contributed by atoms with E-state index in [4.69, 9.17) is 9.47 Å². The van der Waals surface area contributed by atoms with Crippen molar-refractivity contribution in [3.05, 3.63) is 25.5 Å². The molecule has 19 heavy (non-hydrogen) atoms. The summed E-state index contributed by atoms with van der Waals surface area (Å²) in [6, 6.07) is 0. The molecular formula is C15H24O4. The normalized spacial score (nSPS) is 13.2. The van der Waals surface area contributed by atoms with Crippen molar-refractivity contribution >= 4 is 11.9 Å². The number of carbonyl (C=O) groups is 2. The van der Waals surface area contributed by atoms with Gasteiger partial charge in [-0.1, -0.05) is 39.8 Å². The molecule has 0 heterocycles. The van der Waals surface area contributed by atoms with Crippen molar-refractivity contribution < 1.29 is 19.1 Å². The predicted molar refractivity (Wildman–Crippen MR) is 74.3 cm³/mol. The maximum absolute atomic E-state index is 11.6. The van der Waals surface area contributed by atoms with Crippen molar-refractivity contribution in [3.63, 3.8) is 0 Å². The van der Waals surface area contributed by atoms with Gasteiger partial charge in [-0.15, -0.1) is 0 Å². The largest absolute Gasteiger partial charge is 0.462 e. The van der Waals surface area contributed by atoms with Crippen molar-refractivity contribution in [2.24, 2.45) is 5.41 Å². The number of unbranched alkanes of at least 4 members (excludes halogenated alkanes) is 1. The van der Waals surface area contributed by atoms with Gasteiger partial charge in [0.05, 0.1) is 19.3 Å². The van der Waals surface area contributed by atoms with Gasteiger partial charge in [0.25, 0.3) is 0 Å². The summed E-state index contributed by atoms with van der Waals surface area (Å²) in [5, 5.41) is 0. The molecule has 0 amide bonds. The van der Waals surface area contributed by atoms with Crippen molar-refractivity contribution in [1.82, 2.24) is 0 Å². The molecule has 1 unspecified atom stereocenters. The Bertz CT molecular complexity index is 322. The monoisotopic (exact) mass is 268 g/mol. The van der Waals surface area contributed by atoms with E-state index in [9.17, 15) is 9.59 Å². The third-order valence-electron chi connectivity index (χ3n) is 3.23. The molecule has 4 nitrogen and oxygen atoms in total. The van der Waals surface area contributed by atoms with E-state index in [1.54, 1.807) is 0 Å². The third-order valence-corrected chi connectivity index (χ3v) is 3.23. The maximum Gasteiger partial charge on any atom is 0.330 e. The Kier molecular flexibility index (Phi) is 8.58. The number of rotatable bonds is 10. The van der Waals surface area contributed by atoms with Gasteiger partial charge in [-0.25, -0.2) is 4.79 Å². The molecule has 108 valence electrons. The van der Waals surface area contributed by atoms with E-state index in [0.29, 0.717) is 0 Å². The zero-order chi connectivity index (χ0) is 14.7. The first-order valence-electron chi connectivity index (χ1n) is 6.63. The van der Waals surface area contributed by atoms with Crippen LogP contribution in [0, 0.1) is 5.41 Å². The molecule has 0 saturated heterocycles. The summed E-state index contributed by atoms with van der Waals surface area (Å²) in [7, 11) is 0. The molecule has 4 heteroatoms. The molecule has 0 N–H and O–H groups in total. The van der Waals surface area contributed by atoms with E-state index in [1.807, 2.05) is 6.92 Å². The second-order valence-electron chi connectivity index (χ2n) is 4.60. The summed E-state index contributed by atoms with van der Waals surface area (Å²) in [4.78, 5) is 22.8. The summed E-state index contributed by atoms with van der Waals surface area (Å²) in [6.45, 7) is 11.0. The van der Waals surface area contributed by atoms with Crippen LogP contribution >= 0.6 is 0 Å². The molecular weight excluding hydrogens is 244 g/mol. The zero-order valence-corrected chi connectivity index (χ0v) is 11.9. The van der Waals surface area contributed by atoms with Gasteiger partial charge in [0.2, 0.25) is 0 Å². The van der Waals surface area contributed by atoms with Crippen LogP contribution in [0.5, 0.6) is 0 Å². The van der Waals surface area contributed by atoms with Crippen LogP contribution < -0.4 is 0 Å². The van der Waals surface area contributed by atoms with E-state index in [2.05, 4.69) is 20.1 Å². The van der Waals surface area contributed by atoms with Crippen LogP contribution in [0.3, 0.4) is 0 Å². The average molecular weight is 268 g/mol. The number of carbonyl (C=O) groups excluding carboxylic acids is 2. The van der Waals surface area contributed by atoms with Gasteiger partial charge < -0.3 is 9.47 Å². The number of ether oxygens (including phenoxy) is 2. The van der Waals surface area contributed by atoms with Gasteiger partial charge in [0.1, 0.15) is 0 Å². The lowest BCUT2D eigenvalue weighted by Crippen LogP contribution is -2.31. The Labute approximate surface area is 115 Å². The zero-order valence-electron chi connectivity index (χ0n) is 11.9. The Balaban J connectivity index is 4.74. The molecule has 0 aromatic heterocycles. The molecule has 0 radical (unpaired) electrons. The molecule has 0 aliphatic rings. The minimum Gasteiger partial charge on any atom is -0.462 e. The van der Waals surface area contributed by atoms with Crippen LogP contribution in [0.15, 0.2) is 25.5 Å². The number of hydrogen-bond donors (Lipinski definition) is 0. The van der Waals surface area contributed by atoms with Crippen molar-refractivity contribution in [2.45, 2.75) is 46.0 Å². The first kappa shape index (κ1) is 17.4. The Morgan fingerprint density at radius 1 is 1.26 bits per heavy atom. The first-order valence-corrected chi connectivity index (χ1v) is 6.63. The second-order valence-corrected chi connectivity index (χ2v) is 4.60. The highest BCUT2D eigenvalue weighted by atomic mass is 16.5. The van der Waals surface area contributed by atoms with Crippen molar-refractivity contribution in [1.29, 1.82) is 0 Å². The van der Waals surface area contributed by atoms with Gasteiger partial charge in [-0.2, -0.15) is 0 Å². The van der Waals surface area contributed by atoms with E-state index < -0.39 is 5.97 Å². The Morgan fingerprint density at radius 3 is 2.42 bits per heavy atom. The van der Waals surface area contributed by atoms with Crippen molar-refractivity contribution in [3.8, 4) is 0 Å². The second kappa shape index (κ2) is 9.36. The lowest BCUT2D eigenvalue weighted by molar-refractivity contribution is -0.148. The third kappa shape index (κ3) is 6.79. The highest BCUT2D eigenvalue weighted by Gasteiger charge is 2.32. The molecule has 0 spiro atoms. The molecule has 0 aliphatic carbocycles. The topological polar surface area (TPSA) is 52.6 Å². The number of hydrogen-bond acceptors (Lipinski definition) is 4. The van der Waals surface area contributed by atoms with Crippen LogP contribution in [-0.4, -0.2) is 18.5 Å². The van der Waals surface area contributed by atoms with Crippen LogP contribution in [0.2, 0.25) is 0 Å². The molecule has 0 saturated carbocycles. The molecule has 0 aromatic rings. The predicted octanol–water partition coefficient (Wildman–Crippen LogP) is 3.38. The van der Waals surface area contributed by atoms with Crippen LogP contribution in [0.4, 0.5) is 0 Å². The van der Waals surface area contributed by atoms with E-state index in [-0.39, 0.29) is 24.4 Å². The van der Waals surface area contributed by atoms with Gasteiger partial charge in [-0.3, -0.25) is 4.79 Å². The standard InChI is InChI=1S/C15H24O4/c1-5-9-10-15(7-3,11-14(17)18-8-4)12-19-13(16)6-2/h6,8H,2,4-5,7,9-12H2,1,3H3. The minimum atomic E-state index is -0.466. The van der Waals surface area contributed by atoms with Crippen LogP contribution in [0.1, 0.15) is 46.0 Å². The summed E-state index contributed by atoms with van der Waals surface area (Å²) in [5.41, 5.74) is -0.366. The van der Waals surface area contributed by atoms with Gasteiger partial charge in [0, 0.05) is 11.5 Å². The minimum absolute atomic E-state index is 0.209. The highest BCUT2D eigenvalue weighted by molar-refractivity contribution is 5.81. The van der Waals surface area contributed by atoms with Gasteiger partial charge in [0.15, 0.2) is 0 Å². The summed E-state index contributed by atoms with van der Waals surface area (Å²) < 4.78 is 9.91. The SMILES string of the molecule is C=COC(=O)CC(CC)(CCCC)COC(=O)C=C. The average Bonchev–Trinajstić information content (AvgIpc) is 2.41. The smallest absolute Gasteiger partial charge is 0.330 e. The maximum atomic E-state index is 11.6. The quantitative estimate of drug-likeness (QED) is 0.346. The van der Waals surface area contributed by atoms with E-state index >= 15 is 0 Å². The fourth-order valence-electron chi connectivity index (χ4n) is 1.89. The van der Waals surface area contributed by atoms with Gasteiger partial charge in [-0.05, 0) is 12.8 Å². The molecule has 1 atom stereocenters. The fourth-order valence-corrected chi connectivity index (χ4v) is 1.89. The fraction of sp³-hybridized carbons (Fsp3) is 0.600.